The molecule has 1 heterocycles. The van der Waals surface area contributed by atoms with Gasteiger partial charge < -0.3 is 24.3 Å². The van der Waals surface area contributed by atoms with Gasteiger partial charge in [-0.25, -0.2) is 4.79 Å². The van der Waals surface area contributed by atoms with E-state index in [-0.39, 0.29) is 0 Å². The van der Waals surface area contributed by atoms with E-state index in [9.17, 15) is 4.79 Å². The van der Waals surface area contributed by atoms with Gasteiger partial charge in [0.05, 0.1) is 45.2 Å². The van der Waals surface area contributed by atoms with Crippen molar-refractivity contribution in [2.24, 2.45) is 0 Å². The summed E-state index contributed by atoms with van der Waals surface area (Å²) in [5.41, 5.74) is 2.62. The van der Waals surface area contributed by atoms with Crippen LogP contribution in [0, 0.1) is 0 Å². The summed E-state index contributed by atoms with van der Waals surface area (Å²) in [6.45, 7) is 4.47. The van der Waals surface area contributed by atoms with Gasteiger partial charge in [0, 0.05) is 5.70 Å². The standard InChI is InChI=1S/C24H28N2O5S/c1-6-13-31-19-12-11-16(14-20(19)29-4)22-21(23(27)30-5)15(2)26(24(32)25-22)17-9-7-8-10-18(17)28-3/h7-12,14,22H,6,13H2,1-5H3,(H,25,32)/t22-/m0/s1. The molecule has 0 aliphatic carbocycles. The number of nitrogens with one attached hydrogen (secondary N) is 1. The molecule has 0 saturated heterocycles. The third-order valence-electron chi connectivity index (χ3n) is 5.20. The summed E-state index contributed by atoms with van der Waals surface area (Å²) in [5, 5.41) is 3.73. The average Bonchev–Trinajstić information content (AvgIpc) is 2.82. The molecule has 170 valence electrons. The number of carbonyl (C=O) groups is 1. The number of hydrogen-bond donors (Lipinski definition) is 1. The fourth-order valence-electron chi connectivity index (χ4n) is 3.67. The molecule has 0 fully saturated rings. The lowest BCUT2D eigenvalue weighted by Crippen LogP contribution is -2.48. The van der Waals surface area contributed by atoms with E-state index < -0.39 is 12.0 Å². The normalized spacial score (nSPS) is 15.8. The van der Waals surface area contributed by atoms with Gasteiger partial charge in [-0.3, -0.25) is 4.90 Å². The molecule has 0 bridgehead atoms. The second kappa shape index (κ2) is 10.4. The molecule has 0 spiro atoms. The minimum atomic E-state index is -0.518. The number of para-hydroxylation sites is 2. The predicted molar refractivity (Wildman–Crippen MR) is 127 cm³/mol. The first-order chi connectivity index (χ1) is 15.5. The van der Waals surface area contributed by atoms with Crippen molar-refractivity contribution in [1.29, 1.82) is 0 Å². The van der Waals surface area contributed by atoms with E-state index in [4.69, 9.17) is 31.2 Å². The highest BCUT2D eigenvalue weighted by Crippen LogP contribution is 2.39. The van der Waals surface area contributed by atoms with E-state index in [1.54, 1.807) is 19.1 Å². The van der Waals surface area contributed by atoms with E-state index in [0.29, 0.717) is 40.2 Å². The second-order valence-corrected chi connectivity index (χ2v) is 7.53. The van der Waals surface area contributed by atoms with Crippen LogP contribution in [0.15, 0.2) is 53.7 Å². The summed E-state index contributed by atoms with van der Waals surface area (Å²) >= 11 is 5.71. The zero-order valence-corrected chi connectivity index (χ0v) is 19.7. The van der Waals surface area contributed by atoms with Crippen LogP contribution >= 0.6 is 12.2 Å². The molecule has 2 aromatic carbocycles. The SMILES string of the molecule is CCCOc1ccc([C@@H]2NC(=S)N(c3ccccc3OC)C(C)=C2C(=O)OC)cc1OC. The van der Waals surface area contributed by atoms with Gasteiger partial charge >= 0.3 is 5.97 Å². The topological polar surface area (TPSA) is 69.3 Å². The van der Waals surface area contributed by atoms with Crippen molar-refractivity contribution in [2.45, 2.75) is 26.3 Å². The number of allylic oxidation sites excluding steroid dienone is 1. The number of hydrogen-bond acceptors (Lipinski definition) is 6. The van der Waals surface area contributed by atoms with Gasteiger partial charge in [0.25, 0.3) is 0 Å². The first-order valence-electron chi connectivity index (χ1n) is 10.3. The van der Waals surface area contributed by atoms with Crippen LogP contribution in [0.2, 0.25) is 0 Å². The van der Waals surface area contributed by atoms with E-state index in [2.05, 4.69) is 5.32 Å². The van der Waals surface area contributed by atoms with Gasteiger partial charge in [0.15, 0.2) is 16.6 Å². The third-order valence-corrected chi connectivity index (χ3v) is 5.50. The lowest BCUT2D eigenvalue weighted by Gasteiger charge is -2.38. The number of anilines is 1. The molecule has 3 rings (SSSR count). The predicted octanol–water partition coefficient (Wildman–Crippen LogP) is 4.38. The van der Waals surface area contributed by atoms with Crippen molar-refractivity contribution in [3.8, 4) is 17.2 Å². The van der Waals surface area contributed by atoms with Gasteiger partial charge in [-0.2, -0.15) is 0 Å². The van der Waals surface area contributed by atoms with Crippen LogP contribution in [0.1, 0.15) is 31.9 Å². The molecule has 0 aromatic heterocycles. The highest BCUT2D eigenvalue weighted by molar-refractivity contribution is 7.80. The molecular formula is C24H28N2O5S. The molecule has 0 radical (unpaired) electrons. The average molecular weight is 457 g/mol. The summed E-state index contributed by atoms with van der Waals surface area (Å²) in [4.78, 5) is 14.7. The van der Waals surface area contributed by atoms with Gasteiger partial charge in [0.2, 0.25) is 0 Å². The molecule has 2 aromatic rings. The Morgan fingerprint density at radius 2 is 1.78 bits per heavy atom. The Hall–Kier alpha value is -3.26. The Labute approximate surface area is 193 Å². The highest BCUT2D eigenvalue weighted by Gasteiger charge is 2.36. The lowest BCUT2D eigenvalue weighted by molar-refractivity contribution is -0.136. The summed E-state index contributed by atoms with van der Waals surface area (Å²) in [6.07, 6.45) is 0.885. The summed E-state index contributed by atoms with van der Waals surface area (Å²) in [5.74, 6) is 1.41. The first kappa shape index (κ1) is 23.4. The van der Waals surface area contributed by atoms with E-state index in [0.717, 1.165) is 17.7 Å². The Bertz CT molecular complexity index is 1040. The molecule has 7 nitrogen and oxygen atoms in total. The van der Waals surface area contributed by atoms with Crippen molar-refractivity contribution in [3.63, 3.8) is 0 Å². The molecular weight excluding hydrogens is 428 g/mol. The second-order valence-electron chi connectivity index (χ2n) is 7.14. The largest absolute Gasteiger partial charge is 0.495 e. The molecule has 1 aliphatic rings. The van der Waals surface area contributed by atoms with Crippen molar-refractivity contribution >= 4 is 29.0 Å². The first-order valence-corrected chi connectivity index (χ1v) is 10.7. The Balaban J connectivity index is 2.11. The summed E-state index contributed by atoms with van der Waals surface area (Å²) < 4.78 is 21.9. The van der Waals surface area contributed by atoms with Crippen molar-refractivity contribution in [1.82, 2.24) is 5.32 Å². The number of carbonyl (C=O) groups excluding carboxylic acids is 1. The number of methoxy groups -OCH3 is 3. The van der Waals surface area contributed by atoms with Crippen LogP contribution in [-0.2, 0) is 9.53 Å². The number of thiocarbonyl (C=S) groups is 1. The molecule has 0 saturated carbocycles. The van der Waals surface area contributed by atoms with Gasteiger partial charge in [-0.15, -0.1) is 0 Å². The molecule has 0 amide bonds. The fraction of sp³-hybridized carbons (Fsp3) is 0.333. The van der Waals surface area contributed by atoms with E-state index in [1.165, 1.54) is 7.11 Å². The number of esters is 1. The number of ether oxygens (including phenoxy) is 4. The summed E-state index contributed by atoms with van der Waals surface area (Å²) in [7, 11) is 4.54. The fourth-order valence-corrected chi connectivity index (χ4v) is 4.02. The quantitative estimate of drug-likeness (QED) is 0.464. The van der Waals surface area contributed by atoms with Crippen LogP contribution in [0.4, 0.5) is 5.69 Å². The highest BCUT2D eigenvalue weighted by atomic mass is 32.1. The number of rotatable bonds is 8. The van der Waals surface area contributed by atoms with Crippen molar-refractivity contribution < 1.29 is 23.7 Å². The molecule has 8 heteroatoms. The number of benzene rings is 2. The maximum Gasteiger partial charge on any atom is 0.337 e. The smallest absolute Gasteiger partial charge is 0.337 e. The molecule has 1 atom stereocenters. The zero-order valence-electron chi connectivity index (χ0n) is 18.9. The lowest BCUT2D eigenvalue weighted by atomic mass is 9.94. The van der Waals surface area contributed by atoms with Crippen molar-refractivity contribution in [2.75, 3.05) is 32.8 Å². The Kier molecular flexibility index (Phi) is 7.58. The van der Waals surface area contributed by atoms with Crippen LogP contribution in [0.5, 0.6) is 17.2 Å². The van der Waals surface area contributed by atoms with Crippen LogP contribution < -0.4 is 24.4 Å². The van der Waals surface area contributed by atoms with Gasteiger partial charge in [-0.1, -0.05) is 25.1 Å². The molecule has 0 unspecified atom stereocenters. The zero-order chi connectivity index (χ0) is 23.3. The van der Waals surface area contributed by atoms with Gasteiger partial charge in [-0.05, 0) is 55.4 Å². The molecule has 32 heavy (non-hydrogen) atoms. The van der Waals surface area contributed by atoms with E-state index in [1.807, 2.05) is 56.3 Å². The molecule has 1 aliphatic heterocycles. The van der Waals surface area contributed by atoms with Crippen molar-refractivity contribution in [3.05, 3.63) is 59.3 Å². The monoisotopic (exact) mass is 456 g/mol. The van der Waals surface area contributed by atoms with Gasteiger partial charge in [0.1, 0.15) is 5.75 Å². The van der Waals surface area contributed by atoms with Crippen LogP contribution in [0.3, 0.4) is 0 Å². The van der Waals surface area contributed by atoms with Crippen LogP contribution in [0.25, 0.3) is 0 Å². The maximum absolute atomic E-state index is 12.9. The molecule has 1 N–H and O–H groups in total. The Morgan fingerprint density at radius 3 is 2.44 bits per heavy atom. The van der Waals surface area contributed by atoms with Crippen LogP contribution in [-0.4, -0.2) is 39.0 Å². The minimum Gasteiger partial charge on any atom is -0.495 e. The third kappa shape index (κ3) is 4.50. The maximum atomic E-state index is 12.9. The number of nitrogens with zero attached hydrogens (tertiary/aromatic N) is 1. The van der Waals surface area contributed by atoms with E-state index >= 15 is 0 Å². The summed E-state index contributed by atoms with van der Waals surface area (Å²) in [6, 6.07) is 12.5. The Morgan fingerprint density at radius 1 is 1.06 bits per heavy atom. The minimum absolute atomic E-state index is 0.440.